The zero-order valence-electron chi connectivity index (χ0n) is 12.9. The first-order valence-corrected chi connectivity index (χ1v) is 7.32. The van der Waals surface area contributed by atoms with E-state index in [0.29, 0.717) is 24.3 Å². The van der Waals surface area contributed by atoms with Crippen LogP contribution in [0.25, 0.3) is 0 Å². The van der Waals surface area contributed by atoms with E-state index in [9.17, 15) is 9.59 Å². The van der Waals surface area contributed by atoms with Crippen molar-refractivity contribution >= 4 is 11.9 Å². The molecular formula is C16H19N3O4. The maximum atomic E-state index is 11.9. The molecule has 7 heteroatoms. The fourth-order valence-corrected chi connectivity index (χ4v) is 1.97. The number of hydrogen-bond acceptors (Lipinski definition) is 4. The van der Waals surface area contributed by atoms with Gasteiger partial charge in [-0.25, -0.2) is 4.79 Å². The number of rotatable bonds is 8. The van der Waals surface area contributed by atoms with Crippen LogP contribution in [0, 0.1) is 0 Å². The Hall–Kier alpha value is -2.83. The quantitative estimate of drug-likeness (QED) is 0.766. The Bertz CT molecular complexity index is 664. The molecule has 1 amide bonds. The zero-order chi connectivity index (χ0) is 16.7. The van der Waals surface area contributed by atoms with Crippen LogP contribution in [0.1, 0.15) is 22.8 Å². The summed E-state index contributed by atoms with van der Waals surface area (Å²) >= 11 is 0. The van der Waals surface area contributed by atoms with E-state index in [1.165, 1.54) is 0 Å². The maximum absolute atomic E-state index is 11.9. The Morgan fingerprint density at radius 1 is 1.30 bits per heavy atom. The van der Waals surface area contributed by atoms with Crippen molar-refractivity contribution in [3.05, 3.63) is 47.8 Å². The Kier molecular flexibility index (Phi) is 5.74. The smallest absolute Gasteiger partial charge is 0.341 e. The SMILES string of the molecule is CCn1cc(C(=O)NCCc2ccc(OCC(=O)O)cc2)cn1. The van der Waals surface area contributed by atoms with Gasteiger partial charge in [0.2, 0.25) is 0 Å². The van der Waals surface area contributed by atoms with Crippen molar-refractivity contribution in [3.8, 4) is 5.75 Å². The minimum absolute atomic E-state index is 0.147. The van der Waals surface area contributed by atoms with Crippen LogP contribution in [0.5, 0.6) is 5.75 Å². The predicted molar refractivity (Wildman–Crippen MR) is 83.5 cm³/mol. The van der Waals surface area contributed by atoms with Crippen LogP contribution in [-0.4, -0.2) is 39.9 Å². The van der Waals surface area contributed by atoms with Crippen LogP contribution in [-0.2, 0) is 17.8 Å². The van der Waals surface area contributed by atoms with Gasteiger partial charge in [0, 0.05) is 19.3 Å². The molecule has 0 saturated carbocycles. The first-order valence-electron chi connectivity index (χ1n) is 7.32. The van der Waals surface area contributed by atoms with Gasteiger partial charge < -0.3 is 15.2 Å². The summed E-state index contributed by atoms with van der Waals surface area (Å²) < 4.78 is 6.76. The van der Waals surface area contributed by atoms with Gasteiger partial charge in [0.1, 0.15) is 5.75 Å². The van der Waals surface area contributed by atoms with Gasteiger partial charge in [0.25, 0.3) is 5.91 Å². The lowest BCUT2D eigenvalue weighted by atomic mass is 10.1. The molecule has 0 radical (unpaired) electrons. The molecule has 0 aliphatic rings. The molecule has 0 unspecified atom stereocenters. The van der Waals surface area contributed by atoms with E-state index < -0.39 is 5.97 Å². The van der Waals surface area contributed by atoms with Gasteiger partial charge >= 0.3 is 5.97 Å². The highest BCUT2D eigenvalue weighted by Crippen LogP contribution is 2.12. The summed E-state index contributed by atoms with van der Waals surface area (Å²) in [5.74, 6) is -0.651. The van der Waals surface area contributed by atoms with E-state index in [-0.39, 0.29) is 12.5 Å². The van der Waals surface area contributed by atoms with Crippen LogP contribution in [0.2, 0.25) is 0 Å². The Morgan fingerprint density at radius 3 is 2.65 bits per heavy atom. The van der Waals surface area contributed by atoms with Crippen molar-refractivity contribution in [1.29, 1.82) is 0 Å². The van der Waals surface area contributed by atoms with Crippen LogP contribution < -0.4 is 10.1 Å². The number of aryl methyl sites for hydroxylation is 1. The van der Waals surface area contributed by atoms with Crippen LogP contribution >= 0.6 is 0 Å². The summed E-state index contributed by atoms with van der Waals surface area (Å²) in [5.41, 5.74) is 1.57. The summed E-state index contributed by atoms with van der Waals surface area (Å²) in [6.07, 6.45) is 3.93. The van der Waals surface area contributed by atoms with Crippen molar-refractivity contribution < 1.29 is 19.4 Å². The fourth-order valence-electron chi connectivity index (χ4n) is 1.97. The van der Waals surface area contributed by atoms with Crippen LogP contribution in [0.15, 0.2) is 36.7 Å². The van der Waals surface area contributed by atoms with E-state index in [2.05, 4.69) is 10.4 Å². The summed E-state index contributed by atoms with van der Waals surface area (Å²) in [7, 11) is 0. The number of nitrogens with one attached hydrogen (secondary N) is 1. The largest absolute Gasteiger partial charge is 0.482 e. The van der Waals surface area contributed by atoms with Crippen LogP contribution in [0.4, 0.5) is 0 Å². The number of nitrogens with zero attached hydrogens (tertiary/aromatic N) is 2. The van der Waals surface area contributed by atoms with E-state index in [1.54, 1.807) is 29.2 Å². The Morgan fingerprint density at radius 2 is 2.04 bits per heavy atom. The highest BCUT2D eigenvalue weighted by molar-refractivity contribution is 5.93. The fraction of sp³-hybridized carbons (Fsp3) is 0.312. The van der Waals surface area contributed by atoms with Crippen molar-refractivity contribution in [3.63, 3.8) is 0 Å². The molecule has 2 N–H and O–H groups in total. The van der Waals surface area contributed by atoms with Gasteiger partial charge in [0.05, 0.1) is 11.8 Å². The lowest BCUT2D eigenvalue weighted by Gasteiger charge is -2.06. The van der Waals surface area contributed by atoms with Gasteiger partial charge in [0.15, 0.2) is 6.61 Å². The molecule has 2 aromatic rings. The van der Waals surface area contributed by atoms with Gasteiger partial charge in [-0.05, 0) is 31.0 Å². The summed E-state index contributed by atoms with van der Waals surface area (Å²) in [6.45, 7) is 2.83. The van der Waals surface area contributed by atoms with Crippen molar-refractivity contribution in [2.24, 2.45) is 0 Å². The zero-order valence-corrected chi connectivity index (χ0v) is 12.9. The molecule has 0 atom stereocenters. The molecule has 1 aromatic carbocycles. The number of hydrogen-bond donors (Lipinski definition) is 2. The number of carboxylic acids is 1. The molecular weight excluding hydrogens is 298 g/mol. The molecule has 0 saturated heterocycles. The molecule has 0 aliphatic heterocycles. The summed E-state index contributed by atoms with van der Waals surface area (Å²) in [4.78, 5) is 22.3. The van der Waals surface area contributed by atoms with E-state index in [0.717, 1.165) is 12.1 Å². The van der Waals surface area contributed by atoms with Gasteiger partial charge in [-0.2, -0.15) is 5.10 Å². The molecule has 0 fully saturated rings. The third kappa shape index (κ3) is 5.14. The summed E-state index contributed by atoms with van der Waals surface area (Å²) in [5, 5.41) is 15.4. The number of amides is 1. The average molecular weight is 317 g/mol. The molecule has 2 rings (SSSR count). The third-order valence-electron chi connectivity index (χ3n) is 3.20. The van der Waals surface area contributed by atoms with Crippen molar-refractivity contribution in [1.82, 2.24) is 15.1 Å². The maximum Gasteiger partial charge on any atom is 0.341 e. The number of aromatic nitrogens is 2. The molecule has 1 heterocycles. The van der Waals surface area contributed by atoms with Gasteiger partial charge in [-0.1, -0.05) is 12.1 Å². The number of ether oxygens (including phenoxy) is 1. The Balaban J connectivity index is 1.77. The first kappa shape index (κ1) is 16.5. The molecule has 0 aliphatic carbocycles. The van der Waals surface area contributed by atoms with E-state index in [1.807, 2.05) is 19.1 Å². The predicted octanol–water partition coefficient (Wildman–Crippen LogP) is 1.34. The minimum atomic E-state index is -1.01. The third-order valence-corrected chi connectivity index (χ3v) is 3.20. The average Bonchev–Trinajstić information content (AvgIpc) is 3.03. The molecule has 23 heavy (non-hydrogen) atoms. The van der Waals surface area contributed by atoms with E-state index in [4.69, 9.17) is 9.84 Å². The van der Waals surface area contributed by atoms with Crippen molar-refractivity contribution in [2.45, 2.75) is 19.9 Å². The van der Waals surface area contributed by atoms with Crippen molar-refractivity contribution in [2.75, 3.05) is 13.2 Å². The minimum Gasteiger partial charge on any atom is -0.482 e. The standard InChI is InChI=1S/C16H19N3O4/c1-2-19-10-13(9-18-19)16(22)17-8-7-12-3-5-14(6-4-12)23-11-15(20)21/h3-6,9-10H,2,7-8,11H2,1H3,(H,17,22)(H,20,21). The second kappa shape index (κ2) is 7.98. The Labute approximate surface area is 133 Å². The summed E-state index contributed by atoms with van der Waals surface area (Å²) in [6, 6.07) is 7.12. The highest BCUT2D eigenvalue weighted by atomic mass is 16.5. The first-order chi connectivity index (χ1) is 11.1. The number of carboxylic acid groups (broad SMARTS) is 1. The van der Waals surface area contributed by atoms with Gasteiger partial charge in [-0.3, -0.25) is 9.48 Å². The highest BCUT2D eigenvalue weighted by Gasteiger charge is 2.07. The normalized spacial score (nSPS) is 10.3. The molecule has 7 nitrogen and oxygen atoms in total. The number of carbonyl (C=O) groups excluding carboxylic acids is 1. The molecule has 0 spiro atoms. The van der Waals surface area contributed by atoms with Crippen LogP contribution in [0.3, 0.4) is 0 Å². The second-order valence-electron chi connectivity index (χ2n) is 4.92. The van der Waals surface area contributed by atoms with E-state index >= 15 is 0 Å². The number of benzene rings is 1. The molecule has 0 bridgehead atoms. The molecule has 1 aromatic heterocycles. The monoisotopic (exact) mass is 317 g/mol. The number of aliphatic carboxylic acids is 1. The lowest BCUT2D eigenvalue weighted by Crippen LogP contribution is -2.25. The second-order valence-corrected chi connectivity index (χ2v) is 4.92. The molecule has 122 valence electrons. The number of carbonyl (C=O) groups is 2. The lowest BCUT2D eigenvalue weighted by molar-refractivity contribution is -0.139. The topological polar surface area (TPSA) is 93.5 Å². The van der Waals surface area contributed by atoms with Gasteiger partial charge in [-0.15, -0.1) is 0 Å².